The number of halogens is 3. The summed E-state index contributed by atoms with van der Waals surface area (Å²) >= 11 is 0. The number of alkyl halides is 3. The first-order chi connectivity index (χ1) is 8.88. The minimum absolute atomic E-state index is 0.0505. The van der Waals surface area contributed by atoms with E-state index >= 15 is 0 Å². The van der Waals surface area contributed by atoms with E-state index in [0.717, 1.165) is 6.20 Å². The van der Waals surface area contributed by atoms with Gasteiger partial charge in [0.2, 0.25) is 0 Å². The lowest BCUT2D eigenvalue weighted by Crippen LogP contribution is -2.19. The van der Waals surface area contributed by atoms with Crippen molar-refractivity contribution in [2.75, 3.05) is 0 Å². The van der Waals surface area contributed by atoms with Crippen LogP contribution in [0, 0.1) is 0 Å². The third-order valence-corrected chi connectivity index (χ3v) is 2.45. The Morgan fingerprint density at radius 3 is 2.42 bits per heavy atom. The normalized spacial score (nSPS) is 11.5. The summed E-state index contributed by atoms with van der Waals surface area (Å²) < 4.78 is 38.0. The van der Waals surface area contributed by atoms with Gasteiger partial charge in [-0.3, -0.25) is 4.68 Å². The highest BCUT2D eigenvalue weighted by molar-refractivity contribution is 5.94. The molecule has 100 valence electrons. The minimum Gasteiger partial charge on any atom is -0.478 e. The molecule has 0 aliphatic carbocycles. The van der Waals surface area contributed by atoms with Gasteiger partial charge in [0.1, 0.15) is 12.1 Å². The Hall–Kier alpha value is -2.31. The molecule has 0 aliphatic heterocycles. The van der Waals surface area contributed by atoms with Crippen LogP contribution >= 0.6 is 0 Å². The Morgan fingerprint density at radius 2 is 1.89 bits per heavy atom. The molecular formula is C12H9F3N2O2. The van der Waals surface area contributed by atoms with Gasteiger partial charge in [0.25, 0.3) is 0 Å². The molecule has 2 aromatic rings. The van der Waals surface area contributed by atoms with Crippen LogP contribution in [0.3, 0.4) is 0 Å². The number of rotatable bonds is 3. The smallest absolute Gasteiger partial charge is 0.408 e. The molecule has 0 amide bonds. The van der Waals surface area contributed by atoms with Crippen LogP contribution in [-0.4, -0.2) is 27.0 Å². The Labute approximate surface area is 106 Å². The average molecular weight is 270 g/mol. The van der Waals surface area contributed by atoms with Crippen LogP contribution in [0.2, 0.25) is 0 Å². The largest absolute Gasteiger partial charge is 0.478 e. The summed E-state index contributed by atoms with van der Waals surface area (Å²) in [5.74, 6) is -1.31. The van der Waals surface area contributed by atoms with Gasteiger partial charge in [0, 0.05) is 5.56 Å². The predicted molar refractivity (Wildman–Crippen MR) is 60.7 cm³/mol. The number of aromatic carboxylic acids is 1. The number of carbonyl (C=O) groups is 1. The van der Waals surface area contributed by atoms with Crippen LogP contribution < -0.4 is 0 Å². The van der Waals surface area contributed by atoms with Gasteiger partial charge >= 0.3 is 12.1 Å². The van der Waals surface area contributed by atoms with Crippen LogP contribution in [0.25, 0.3) is 11.3 Å². The Kier molecular flexibility index (Phi) is 3.28. The predicted octanol–water partition coefficient (Wildman–Crippen LogP) is 2.81. The van der Waals surface area contributed by atoms with E-state index in [1.54, 1.807) is 18.2 Å². The minimum atomic E-state index is -4.47. The number of aromatic nitrogens is 2. The maximum Gasteiger partial charge on any atom is 0.408 e. The maximum absolute atomic E-state index is 12.4. The molecule has 1 aromatic carbocycles. The van der Waals surface area contributed by atoms with E-state index in [4.69, 9.17) is 5.11 Å². The molecule has 0 aliphatic rings. The molecule has 1 heterocycles. The zero-order valence-electron chi connectivity index (χ0n) is 9.55. The number of carboxylic acid groups (broad SMARTS) is 1. The summed E-state index contributed by atoms with van der Waals surface area (Å²) in [4.78, 5) is 11.0. The third-order valence-electron chi connectivity index (χ3n) is 2.45. The summed E-state index contributed by atoms with van der Waals surface area (Å²) in [5.41, 5.74) is 0.0718. The molecule has 0 unspecified atom stereocenters. The first kappa shape index (κ1) is 13.1. The van der Waals surface area contributed by atoms with Crippen molar-refractivity contribution >= 4 is 5.97 Å². The second-order valence-corrected chi connectivity index (χ2v) is 3.85. The topological polar surface area (TPSA) is 55.1 Å². The highest BCUT2D eigenvalue weighted by atomic mass is 19.4. The van der Waals surface area contributed by atoms with E-state index in [0.29, 0.717) is 10.2 Å². The fraction of sp³-hybridized carbons (Fsp3) is 0.167. The Morgan fingerprint density at radius 1 is 1.26 bits per heavy atom. The van der Waals surface area contributed by atoms with Crippen molar-refractivity contribution in [3.8, 4) is 11.3 Å². The van der Waals surface area contributed by atoms with Gasteiger partial charge in [-0.25, -0.2) is 4.79 Å². The summed E-state index contributed by atoms with van der Waals surface area (Å²) in [6.45, 7) is -1.33. The highest BCUT2D eigenvalue weighted by Gasteiger charge is 2.31. The first-order valence-corrected chi connectivity index (χ1v) is 5.30. The first-order valence-electron chi connectivity index (χ1n) is 5.30. The van der Waals surface area contributed by atoms with Crippen LogP contribution in [0.4, 0.5) is 13.2 Å². The van der Waals surface area contributed by atoms with Gasteiger partial charge in [-0.15, -0.1) is 0 Å². The molecule has 19 heavy (non-hydrogen) atoms. The Bertz CT molecular complexity index is 591. The van der Waals surface area contributed by atoms with Gasteiger partial charge in [-0.1, -0.05) is 30.3 Å². The lowest BCUT2D eigenvalue weighted by atomic mass is 10.1. The highest BCUT2D eigenvalue weighted by Crippen LogP contribution is 2.27. The lowest BCUT2D eigenvalue weighted by Gasteiger charge is -2.11. The zero-order chi connectivity index (χ0) is 14.0. The van der Waals surface area contributed by atoms with E-state index < -0.39 is 18.7 Å². The monoisotopic (exact) mass is 270 g/mol. The molecular weight excluding hydrogens is 261 g/mol. The number of hydrogen-bond donors (Lipinski definition) is 1. The van der Waals surface area contributed by atoms with E-state index in [2.05, 4.69) is 5.10 Å². The summed E-state index contributed by atoms with van der Waals surface area (Å²) in [6.07, 6.45) is -3.54. The van der Waals surface area contributed by atoms with Crippen molar-refractivity contribution in [1.82, 2.24) is 9.78 Å². The van der Waals surface area contributed by atoms with Crippen LogP contribution in [0.1, 0.15) is 10.4 Å². The number of benzene rings is 1. The SMILES string of the molecule is O=C(O)c1cnn(CC(F)(F)F)c1-c1ccccc1. The quantitative estimate of drug-likeness (QED) is 0.933. The van der Waals surface area contributed by atoms with E-state index in [9.17, 15) is 18.0 Å². The summed E-state index contributed by atoms with van der Waals surface area (Å²) in [7, 11) is 0. The van der Waals surface area contributed by atoms with Crippen molar-refractivity contribution in [2.24, 2.45) is 0 Å². The molecule has 2 rings (SSSR count). The van der Waals surface area contributed by atoms with Crippen LogP contribution in [-0.2, 0) is 6.54 Å². The fourth-order valence-electron chi connectivity index (χ4n) is 1.73. The number of carboxylic acids is 1. The molecule has 7 heteroatoms. The van der Waals surface area contributed by atoms with Crippen molar-refractivity contribution < 1.29 is 23.1 Å². The van der Waals surface area contributed by atoms with E-state index in [1.165, 1.54) is 12.1 Å². The average Bonchev–Trinajstić information content (AvgIpc) is 2.71. The Balaban J connectivity index is 2.55. The zero-order valence-corrected chi connectivity index (χ0v) is 9.55. The number of nitrogens with zero attached hydrogens (tertiary/aromatic N) is 2. The van der Waals surface area contributed by atoms with Gasteiger partial charge in [-0.05, 0) is 0 Å². The molecule has 0 spiro atoms. The van der Waals surface area contributed by atoms with Crippen molar-refractivity contribution in [3.63, 3.8) is 0 Å². The molecule has 0 saturated heterocycles. The molecule has 0 radical (unpaired) electrons. The van der Waals surface area contributed by atoms with Gasteiger partial charge in [-0.2, -0.15) is 18.3 Å². The van der Waals surface area contributed by atoms with E-state index in [1.807, 2.05) is 0 Å². The number of hydrogen-bond acceptors (Lipinski definition) is 2. The van der Waals surface area contributed by atoms with Crippen molar-refractivity contribution in [1.29, 1.82) is 0 Å². The van der Waals surface area contributed by atoms with E-state index in [-0.39, 0.29) is 11.3 Å². The molecule has 4 nitrogen and oxygen atoms in total. The molecule has 1 aromatic heterocycles. The van der Waals surface area contributed by atoms with Gasteiger partial charge in [0.05, 0.1) is 11.9 Å². The fourth-order valence-corrected chi connectivity index (χ4v) is 1.73. The second kappa shape index (κ2) is 4.75. The second-order valence-electron chi connectivity index (χ2n) is 3.85. The lowest BCUT2D eigenvalue weighted by molar-refractivity contribution is -0.142. The van der Waals surface area contributed by atoms with Crippen molar-refractivity contribution in [2.45, 2.75) is 12.7 Å². The standard InChI is InChI=1S/C12H9F3N2O2/c13-12(14,15)7-17-10(8-4-2-1-3-5-8)9(6-16-17)11(18)19/h1-6H,7H2,(H,18,19). The van der Waals surface area contributed by atoms with Gasteiger partial charge < -0.3 is 5.11 Å². The molecule has 0 fully saturated rings. The van der Waals surface area contributed by atoms with Crippen LogP contribution in [0.15, 0.2) is 36.5 Å². The molecule has 0 saturated carbocycles. The summed E-state index contributed by atoms with van der Waals surface area (Å²) in [6, 6.07) is 8.00. The summed E-state index contributed by atoms with van der Waals surface area (Å²) in [5, 5.41) is 12.5. The van der Waals surface area contributed by atoms with Gasteiger partial charge in [0.15, 0.2) is 0 Å². The molecule has 1 N–H and O–H groups in total. The third kappa shape index (κ3) is 2.93. The molecule has 0 bridgehead atoms. The van der Waals surface area contributed by atoms with Crippen molar-refractivity contribution in [3.05, 3.63) is 42.1 Å². The van der Waals surface area contributed by atoms with Crippen LogP contribution in [0.5, 0.6) is 0 Å². The molecule has 0 atom stereocenters. The maximum atomic E-state index is 12.4.